The molecule has 3 amide bonds. The fourth-order valence-electron chi connectivity index (χ4n) is 3.81. The van der Waals surface area contributed by atoms with Gasteiger partial charge in [-0.1, -0.05) is 60.2 Å². The standard InChI is InChI=1S/C26H21N3O2/c1-18-8-10-19(11-9-18)17-29-25(30)24(27-26(29)31)16-22-7-4-14-28(22)23-13-12-20-5-2-3-6-21(20)15-23/h2-16H,17H2,1H3,(H,27,31)/b24-16-. The Hall–Kier alpha value is -4.12. The zero-order valence-corrected chi connectivity index (χ0v) is 17.1. The van der Waals surface area contributed by atoms with Gasteiger partial charge in [-0.2, -0.15) is 0 Å². The van der Waals surface area contributed by atoms with E-state index in [1.807, 2.05) is 72.3 Å². The van der Waals surface area contributed by atoms with E-state index in [-0.39, 0.29) is 18.1 Å². The van der Waals surface area contributed by atoms with Gasteiger partial charge in [0.1, 0.15) is 5.70 Å². The number of nitrogens with one attached hydrogen (secondary N) is 1. The zero-order valence-electron chi connectivity index (χ0n) is 17.1. The minimum absolute atomic E-state index is 0.244. The Bertz CT molecular complexity index is 1330. The van der Waals surface area contributed by atoms with Crippen molar-refractivity contribution >= 4 is 28.8 Å². The van der Waals surface area contributed by atoms with E-state index in [1.165, 1.54) is 10.3 Å². The molecule has 0 atom stereocenters. The molecule has 0 aliphatic carbocycles. The van der Waals surface area contributed by atoms with Crippen LogP contribution in [0, 0.1) is 6.92 Å². The number of aromatic nitrogens is 1. The van der Waals surface area contributed by atoms with Gasteiger partial charge in [0, 0.05) is 17.6 Å². The van der Waals surface area contributed by atoms with Crippen LogP contribution in [0.5, 0.6) is 0 Å². The van der Waals surface area contributed by atoms with Crippen molar-refractivity contribution < 1.29 is 9.59 Å². The molecule has 1 aromatic heterocycles. The minimum atomic E-state index is -0.402. The highest BCUT2D eigenvalue weighted by molar-refractivity contribution is 6.13. The number of benzene rings is 3. The van der Waals surface area contributed by atoms with Gasteiger partial charge >= 0.3 is 6.03 Å². The van der Waals surface area contributed by atoms with Crippen LogP contribution in [0.2, 0.25) is 0 Å². The first-order valence-corrected chi connectivity index (χ1v) is 10.2. The molecule has 0 spiro atoms. The molecule has 5 nitrogen and oxygen atoms in total. The third kappa shape index (κ3) is 3.62. The number of fused-ring (bicyclic) bond motifs is 1. The Balaban J connectivity index is 1.43. The molecular formula is C26H21N3O2. The lowest BCUT2D eigenvalue weighted by atomic mass is 10.1. The van der Waals surface area contributed by atoms with Gasteiger partial charge in [-0.05, 0) is 53.6 Å². The maximum absolute atomic E-state index is 12.9. The number of imide groups is 1. The number of rotatable bonds is 4. The summed E-state index contributed by atoms with van der Waals surface area (Å²) < 4.78 is 2.00. The van der Waals surface area contributed by atoms with Crippen molar-refractivity contribution in [2.75, 3.05) is 0 Å². The third-order valence-electron chi connectivity index (χ3n) is 5.51. The van der Waals surface area contributed by atoms with Crippen molar-refractivity contribution in [2.45, 2.75) is 13.5 Å². The summed E-state index contributed by atoms with van der Waals surface area (Å²) >= 11 is 0. The second kappa shape index (κ2) is 7.61. The number of carbonyl (C=O) groups is 2. The molecule has 4 aromatic rings. The smallest absolute Gasteiger partial charge is 0.317 e. The van der Waals surface area contributed by atoms with E-state index in [2.05, 4.69) is 29.6 Å². The Morgan fingerprint density at radius 3 is 2.45 bits per heavy atom. The highest BCUT2D eigenvalue weighted by Crippen LogP contribution is 2.23. The van der Waals surface area contributed by atoms with Crippen molar-refractivity contribution in [3.63, 3.8) is 0 Å². The number of nitrogens with zero attached hydrogens (tertiary/aromatic N) is 2. The van der Waals surface area contributed by atoms with E-state index in [0.717, 1.165) is 27.9 Å². The molecular weight excluding hydrogens is 386 g/mol. The Morgan fingerprint density at radius 2 is 1.65 bits per heavy atom. The fourth-order valence-corrected chi connectivity index (χ4v) is 3.81. The normalized spacial score (nSPS) is 15.1. The minimum Gasteiger partial charge on any atom is -0.317 e. The van der Waals surface area contributed by atoms with Gasteiger partial charge in [0.25, 0.3) is 5.91 Å². The number of hydrogen-bond acceptors (Lipinski definition) is 2. The predicted octanol–water partition coefficient (Wildman–Crippen LogP) is 5.03. The summed E-state index contributed by atoms with van der Waals surface area (Å²) in [6.45, 7) is 2.25. The summed E-state index contributed by atoms with van der Waals surface area (Å²) in [7, 11) is 0. The number of aryl methyl sites for hydroxylation is 1. The van der Waals surface area contributed by atoms with Crippen LogP contribution >= 0.6 is 0 Å². The van der Waals surface area contributed by atoms with E-state index < -0.39 is 6.03 Å². The molecule has 1 fully saturated rings. The summed E-state index contributed by atoms with van der Waals surface area (Å²) in [6, 6.07) is 25.7. The molecule has 0 bridgehead atoms. The first-order valence-electron chi connectivity index (χ1n) is 10.2. The number of carbonyl (C=O) groups excluding carboxylic acids is 2. The quantitative estimate of drug-likeness (QED) is 0.381. The summed E-state index contributed by atoms with van der Waals surface area (Å²) in [6.07, 6.45) is 3.67. The summed E-state index contributed by atoms with van der Waals surface area (Å²) in [5.74, 6) is -0.322. The SMILES string of the molecule is Cc1ccc(CN2C(=O)N/C(=C\c3cccn3-c3ccc4ccccc4c3)C2=O)cc1. The van der Waals surface area contributed by atoms with Gasteiger partial charge in [-0.3, -0.25) is 9.69 Å². The molecule has 0 unspecified atom stereocenters. The molecule has 31 heavy (non-hydrogen) atoms. The van der Waals surface area contributed by atoms with Crippen LogP contribution in [-0.4, -0.2) is 21.4 Å². The Kier molecular flexibility index (Phi) is 4.64. The van der Waals surface area contributed by atoms with Gasteiger partial charge in [0.05, 0.1) is 6.54 Å². The monoisotopic (exact) mass is 407 g/mol. The molecule has 5 heteroatoms. The van der Waals surface area contributed by atoms with Crippen LogP contribution < -0.4 is 5.32 Å². The van der Waals surface area contributed by atoms with Gasteiger partial charge in [0.15, 0.2) is 0 Å². The number of hydrogen-bond donors (Lipinski definition) is 1. The lowest BCUT2D eigenvalue weighted by Crippen LogP contribution is -2.30. The van der Waals surface area contributed by atoms with Crippen LogP contribution in [-0.2, 0) is 11.3 Å². The number of urea groups is 1. The Labute approximate surface area is 180 Å². The maximum atomic E-state index is 12.9. The van der Waals surface area contributed by atoms with Crippen molar-refractivity contribution in [1.82, 2.24) is 14.8 Å². The fraction of sp³-hybridized carbons (Fsp3) is 0.0769. The average molecular weight is 407 g/mol. The molecule has 2 heterocycles. The lowest BCUT2D eigenvalue weighted by molar-refractivity contribution is -0.123. The molecule has 0 radical (unpaired) electrons. The van der Waals surface area contributed by atoms with E-state index in [1.54, 1.807) is 6.08 Å². The first-order chi connectivity index (χ1) is 15.1. The van der Waals surface area contributed by atoms with E-state index in [4.69, 9.17) is 0 Å². The molecule has 0 saturated carbocycles. The first kappa shape index (κ1) is 18.9. The van der Waals surface area contributed by atoms with Crippen LogP contribution in [0.4, 0.5) is 4.79 Å². The van der Waals surface area contributed by atoms with E-state index in [9.17, 15) is 9.59 Å². The lowest BCUT2D eigenvalue weighted by Gasteiger charge is -2.12. The highest BCUT2D eigenvalue weighted by atomic mass is 16.2. The van der Waals surface area contributed by atoms with Gasteiger partial charge in [-0.15, -0.1) is 0 Å². The van der Waals surface area contributed by atoms with Gasteiger partial charge < -0.3 is 9.88 Å². The summed E-state index contributed by atoms with van der Waals surface area (Å²) in [5.41, 5.74) is 4.13. The van der Waals surface area contributed by atoms with Crippen molar-refractivity contribution in [1.29, 1.82) is 0 Å². The van der Waals surface area contributed by atoms with Gasteiger partial charge in [-0.25, -0.2) is 4.79 Å². The van der Waals surface area contributed by atoms with Gasteiger partial charge in [0.2, 0.25) is 0 Å². The van der Waals surface area contributed by atoms with Crippen LogP contribution in [0.3, 0.4) is 0 Å². The van der Waals surface area contributed by atoms with E-state index in [0.29, 0.717) is 0 Å². The van der Waals surface area contributed by atoms with Crippen LogP contribution in [0.25, 0.3) is 22.5 Å². The predicted molar refractivity (Wildman–Crippen MR) is 122 cm³/mol. The number of amides is 3. The molecule has 1 aliphatic heterocycles. The summed E-state index contributed by atoms with van der Waals surface area (Å²) in [5, 5.41) is 5.03. The molecule has 3 aromatic carbocycles. The maximum Gasteiger partial charge on any atom is 0.329 e. The Morgan fingerprint density at radius 1 is 0.871 bits per heavy atom. The highest BCUT2D eigenvalue weighted by Gasteiger charge is 2.33. The van der Waals surface area contributed by atoms with Crippen molar-refractivity contribution in [2.24, 2.45) is 0 Å². The molecule has 1 aliphatic rings. The second-order valence-electron chi connectivity index (χ2n) is 7.70. The third-order valence-corrected chi connectivity index (χ3v) is 5.51. The van der Waals surface area contributed by atoms with Crippen molar-refractivity contribution in [3.8, 4) is 5.69 Å². The summed E-state index contributed by atoms with van der Waals surface area (Å²) in [4.78, 5) is 26.6. The molecule has 5 rings (SSSR count). The molecule has 1 N–H and O–H groups in total. The molecule has 152 valence electrons. The van der Waals surface area contributed by atoms with Crippen LogP contribution in [0.15, 0.2) is 90.8 Å². The zero-order chi connectivity index (χ0) is 21.4. The van der Waals surface area contributed by atoms with Crippen molar-refractivity contribution in [3.05, 3.63) is 108 Å². The largest absolute Gasteiger partial charge is 0.329 e. The average Bonchev–Trinajstić information content (AvgIpc) is 3.35. The topological polar surface area (TPSA) is 54.3 Å². The van der Waals surface area contributed by atoms with E-state index >= 15 is 0 Å². The second-order valence-corrected chi connectivity index (χ2v) is 7.70. The molecule has 1 saturated heterocycles. The van der Waals surface area contributed by atoms with Crippen LogP contribution in [0.1, 0.15) is 16.8 Å².